The number of nitrogens with zero attached hydrogens (tertiary/aromatic N) is 5. The average molecular weight is 1010 g/mol. The SMILES string of the molecule is CCOC(=O)C1C(=O)N(CCN2C(=O)c3ccccc3C2=O)c2c(ncc(Cc3ccc(F)cc3)c2Br)C1O.COCCNC(=O)c1c(O)c2ncc(Cc3ccc(F)cc3)c3c2n(c1=O)CCN3. The fourth-order valence-corrected chi connectivity index (χ4v) is 9.16. The van der Waals surface area contributed by atoms with E-state index < -0.39 is 52.9 Å². The minimum Gasteiger partial charge on any atom is -0.505 e. The molecule has 6 heterocycles. The van der Waals surface area contributed by atoms with Crippen molar-refractivity contribution in [1.82, 2.24) is 24.8 Å². The molecule has 4 amide bonds. The topological polar surface area (TPSA) is 223 Å². The molecule has 0 bridgehead atoms. The van der Waals surface area contributed by atoms with E-state index in [0.717, 1.165) is 21.6 Å². The molecule has 2 atom stereocenters. The van der Waals surface area contributed by atoms with Gasteiger partial charge in [0.15, 0.2) is 11.7 Å². The summed E-state index contributed by atoms with van der Waals surface area (Å²) in [7, 11) is 1.50. The van der Waals surface area contributed by atoms with Gasteiger partial charge in [-0.3, -0.25) is 43.6 Å². The van der Waals surface area contributed by atoms with Gasteiger partial charge >= 0.3 is 5.97 Å². The van der Waals surface area contributed by atoms with Crippen LogP contribution in [-0.2, 0) is 38.4 Å². The van der Waals surface area contributed by atoms with Crippen LogP contribution in [0.25, 0.3) is 11.0 Å². The Morgan fingerprint density at radius 3 is 2.07 bits per heavy atom. The Balaban J connectivity index is 0.000000192. The van der Waals surface area contributed by atoms with Crippen LogP contribution in [0.1, 0.15) is 72.0 Å². The molecule has 2 unspecified atom stereocenters. The number of aromatic hydroxyl groups is 1. The molecule has 0 saturated heterocycles. The zero-order valence-corrected chi connectivity index (χ0v) is 38.7. The predicted octanol–water partition coefficient (Wildman–Crippen LogP) is 5.06. The number of esters is 1. The number of aromatic nitrogens is 3. The first-order valence-electron chi connectivity index (χ1n) is 21.8. The molecule has 3 aromatic carbocycles. The maximum atomic E-state index is 13.6. The number of carbonyl (C=O) groups is 5. The van der Waals surface area contributed by atoms with E-state index >= 15 is 0 Å². The van der Waals surface area contributed by atoms with Gasteiger partial charge < -0.3 is 39.8 Å². The number of anilines is 2. The minimum absolute atomic E-state index is 0.00492. The standard InChI is InChI=1S/C28H23BrFN3O6.C21H21FN4O4/c1-2-39-28(38)20-24(34)22-23(21(29)16(14-31-22)13-15-7-9-17(30)10-8-15)32(27(20)37)11-12-33-25(35)18-5-3-4-6-19(18)26(33)36;1-30-9-7-24-20(28)15-19(27)17-18-16(23-6-8-26(18)21(15)29)13(11-25-17)10-12-2-4-14(22)5-3-12/h3-10,14,20,24,34H,2,11-13H2,1H3;2-5,11,23,27H,6-10H2,1H3,(H,24,28). The second kappa shape index (κ2) is 20.4. The molecule has 20 heteroatoms. The van der Waals surface area contributed by atoms with Crippen LogP contribution >= 0.6 is 15.9 Å². The highest BCUT2D eigenvalue weighted by molar-refractivity contribution is 9.10. The third kappa shape index (κ3) is 9.42. The number of amides is 4. The lowest BCUT2D eigenvalue weighted by molar-refractivity contribution is -0.157. The van der Waals surface area contributed by atoms with Crippen molar-refractivity contribution in [3.8, 4) is 5.75 Å². The van der Waals surface area contributed by atoms with Crippen LogP contribution < -0.4 is 21.1 Å². The maximum absolute atomic E-state index is 13.6. The van der Waals surface area contributed by atoms with Crippen molar-refractivity contribution >= 4 is 67.9 Å². The van der Waals surface area contributed by atoms with Crippen LogP contribution in [0.5, 0.6) is 5.75 Å². The number of aliphatic hydroxyl groups is 1. The molecule has 356 valence electrons. The Hall–Kier alpha value is -7.42. The number of nitrogens with one attached hydrogen (secondary N) is 2. The molecule has 0 fully saturated rings. The number of halogens is 3. The average Bonchev–Trinajstić information content (AvgIpc) is 3.58. The summed E-state index contributed by atoms with van der Waals surface area (Å²) >= 11 is 3.54. The van der Waals surface area contributed by atoms with Crippen LogP contribution in [0.15, 0.2) is 94.5 Å². The Morgan fingerprint density at radius 2 is 1.46 bits per heavy atom. The van der Waals surface area contributed by atoms with Gasteiger partial charge in [0, 0.05) is 75.1 Å². The van der Waals surface area contributed by atoms with Gasteiger partial charge in [-0.2, -0.15) is 0 Å². The quantitative estimate of drug-likeness (QED) is 0.0515. The number of pyridine rings is 3. The smallest absolute Gasteiger partial charge is 0.321 e. The lowest BCUT2D eigenvalue weighted by Gasteiger charge is -2.37. The Labute approximate surface area is 400 Å². The normalized spacial score (nSPS) is 15.8. The molecule has 0 spiro atoms. The lowest BCUT2D eigenvalue weighted by Crippen LogP contribution is -2.50. The van der Waals surface area contributed by atoms with E-state index in [1.807, 2.05) is 0 Å². The Bertz CT molecular complexity index is 3040. The molecule has 0 saturated carbocycles. The third-order valence-electron chi connectivity index (χ3n) is 11.8. The highest BCUT2D eigenvalue weighted by Crippen LogP contribution is 2.43. The number of ether oxygens (including phenoxy) is 2. The number of hydrogen-bond donors (Lipinski definition) is 4. The molecule has 3 aromatic heterocycles. The molecule has 17 nitrogen and oxygen atoms in total. The number of benzene rings is 3. The van der Waals surface area contributed by atoms with Gasteiger partial charge in [-0.1, -0.05) is 36.4 Å². The maximum Gasteiger partial charge on any atom is 0.321 e. The van der Waals surface area contributed by atoms with E-state index in [0.29, 0.717) is 47.2 Å². The number of imide groups is 1. The molecule has 69 heavy (non-hydrogen) atoms. The number of carbonyl (C=O) groups excluding carboxylic acids is 5. The molecular formula is C49H44BrF2N7O10. The van der Waals surface area contributed by atoms with Crippen LogP contribution in [-0.4, -0.2) is 106 Å². The number of aliphatic hydroxyl groups excluding tert-OH is 1. The van der Waals surface area contributed by atoms with Crippen LogP contribution in [0.4, 0.5) is 20.2 Å². The molecule has 0 aliphatic carbocycles. The van der Waals surface area contributed by atoms with Crippen molar-refractivity contribution in [3.05, 3.63) is 156 Å². The molecule has 3 aliphatic heterocycles. The van der Waals surface area contributed by atoms with Crippen molar-refractivity contribution in [1.29, 1.82) is 0 Å². The van der Waals surface area contributed by atoms with Crippen LogP contribution in [0.3, 0.4) is 0 Å². The van der Waals surface area contributed by atoms with Gasteiger partial charge in [0.05, 0.1) is 46.9 Å². The van der Waals surface area contributed by atoms with Crippen LogP contribution in [0, 0.1) is 17.6 Å². The number of hydrogen-bond acceptors (Lipinski definition) is 13. The van der Waals surface area contributed by atoms with Gasteiger partial charge in [0.1, 0.15) is 28.8 Å². The van der Waals surface area contributed by atoms with E-state index in [4.69, 9.17) is 9.47 Å². The van der Waals surface area contributed by atoms with Gasteiger partial charge in [-0.25, -0.2) is 8.78 Å². The summed E-state index contributed by atoms with van der Waals surface area (Å²) in [5.74, 6) is -5.98. The summed E-state index contributed by atoms with van der Waals surface area (Å²) in [6, 6.07) is 18.5. The third-order valence-corrected chi connectivity index (χ3v) is 12.7. The zero-order valence-electron chi connectivity index (χ0n) is 37.1. The predicted molar refractivity (Wildman–Crippen MR) is 250 cm³/mol. The first-order chi connectivity index (χ1) is 33.2. The van der Waals surface area contributed by atoms with Gasteiger partial charge in [-0.05, 0) is 75.9 Å². The van der Waals surface area contributed by atoms with E-state index in [-0.39, 0.29) is 78.1 Å². The van der Waals surface area contributed by atoms with Crippen molar-refractivity contribution in [3.63, 3.8) is 0 Å². The van der Waals surface area contributed by atoms with Gasteiger partial charge in [0.25, 0.3) is 23.3 Å². The van der Waals surface area contributed by atoms with Gasteiger partial charge in [-0.15, -0.1) is 0 Å². The first kappa shape index (κ1) is 48.1. The fourth-order valence-electron chi connectivity index (χ4n) is 8.50. The molecule has 0 radical (unpaired) electrons. The minimum atomic E-state index is -1.57. The molecular weight excluding hydrogens is 964 g/mol. The van der Waals surface area contributed by atoms with Crippen molar-refractivity contribution in [2.75, 3.05) is 56.7 Å². The molecule has 9 rings (SSSR count). The van der Waals surface area contributed by atoms with Crippen molar-refractivity contribution in [2.45, 2.75) is 32.4 Å². The zero-order chi connectivity index (χ0) is 49.1. The molecule has 6 aromatic rings. The summed E-state index contributed by atoms with van der Waals surface area (Å²) in [5, 5.41) is 27.6. The van der Waals surface area contributed by atoms with E-state index in [9.17, 15) is 47.8 Å². The Morgan fingerprint density at radius 1 is 0.870 bits per heavy atom. The Kier molecular flexibility index (Phi) is 14.2. The van der Waals surface area contributed by atoms with E-state index in [1.54, 1.807) is 61.7 Å². The largest absolute Gasteiger partial charge is 0.505 e. The lowest BCUT2D eigenvalue weighted by atomic mass is 9.91. The summed E-state index contributed by atoms with van der Waals surface area (Å²) < 4.78 is 38.4. The second-order valence-corrected chi connectivity index (χ2v) is 16.9. The summed E-state index contributed by atoms with van der Waals surface area (Å²) in [4.78, 5) is 88.7. The highest BCUT2D eigenvalue weighted by atomic mass is 79.9. The molecule has 4 N–H and O–H groups in total. The van der Waals surface area contributed by atoms with E-state index in [1.165, 1.54) is 47.0 Å². The number of fused-ring (bicyclic) bond motifs is 2. The monoisotopic (exact) mass is 1010 g/mol. The fraction of sp³-hybridized carbons (Fsp3) is 0.265. The first-order valence-corrected chi connectivity index (χ1v) is 22.6. The number of methoxy groups -OCH3 is 1. The van der Waals surface area contributed by atoms with Crippen LogP contribution in [0.2, 0.25) is 0 Å². The summed E-state index contributed by atoms with van der Waals surface area (Å²) in [5.41, 5.74) is 4.37. The summed E-state index contributed by atoms with van der Waals surface area (Å²) in [6.07, 6.45) is 2.34. The van der Waals surface area contributed by atoms with Crippen molar-refractivity contribution < 1.29 is 52.4 Å². The second-order valence-electron chi connectivity index (χ2n) is 16.1. The van der Waals surface area contributed by atoms with E-state index in [2.05, 4.69) is 36.5 Å². The summed E-state index contributed by atoms with van der Waals surface area (Å²) in [6.45, 7) is 2.60. The van der Waals surface area contributed by atoms with Crippen molar-refractivity contribution in [2.24, 2.45) is 5.92 Å². The molecule has 3 aliphatic rings. The highest BCUT2D eigenvalue weighted by Gasteiger charge is 2.47. The van der Waals surface area contributed by atoms with Gasteiger partial charge in [0.2, 0.25) is 5.91 Å². The number of rotatable bonds is 13.